The van der Waals surface area contributed by atoms with Crippen LogP contribution in [0.2, 0.25) is 0 Å². The number of aromatic carboxylic acids is 1. The van der Waals surface area contributed by atoms with E-state index in [-0.39, 0.29) is 5.69 Å². The molecule has 0 aliphatic carbocycles. The third-order valence-corrected chi connectivity index (χ3v) is 3.90. The minimum absolute atomic E-state index is 0.114. The van der Waals surface area contributed by atoms with Crippen molar-refractivity contribution in [2.24, 2.45) is 0 Å². The van der Waals surface area contributed by atoms with Crippen LogP contribution in [0.4, 0.5) is 0 Å². The number of para-hydroxylation sites is 2. The standard InChI is InChI=1S/C18H19N3O4/c1-12-15(25-11-5-10-24-2)8-9-21(16(12)17(22)23)18-19-13-6-3-4-7-14(13)20-18/h3-4,6-9H,5,10-11H2,1-2H3,(H-,19,20,22,23)/p+1. The molecule has 3 aromatic rings. The molecule has 7 nitrogen and oxygen atoms in total. The van der Waals surface area contributed by atoms with Gasteiger partial charge in [0.1, 0.15) is 11.3 Å². The number of H-pyrrole nitrogens is 1. The van der Waals surface area contributed by atoms with Crippen LogP contribution in [0, 0.1) is 6.92 Å². The number of benzene rings is 1. The van der Waals surface area contributed by atoms with E-state index >= 15 is 0 Å². The van der Waals surface area contributed by atoms with E-state index in [9.17, 15) is 9.90 Å². The zero-order chi connectivity index (χ0) is 17.8. The highest BCUT2D eigenvalue weighted by Gasteiger charge is 2.25. The molecule has 3 rings (SSSR count). The third-order valence-electron chi connectivity index (χ3n) is 3.90. The Hall–Kier alpha value is -2.93. The molecule has 0 saturated carbocycles. The molecule has 0 spiro atoms. The summed E-state index contributed by atoms with van der Waals surface area (Å²) in [7, 11) is 1.63. The molecule has 2 aromatic heterocycles. The molecule has 0 saturated heterocycles. The molecule has 0 bridgehead atoms. The molecular weight excluding hydrogens is 322 g/mol. The van der Waals surface area contributed by atoms with Crippen LogP contribution < -0.4 is 9.30 Å². The monoisotopic (exact) mass is 342 g/mol. The molecule has 130 valence electrons. The maximum absolute atomic E-state index is 11.8. The van der Waals surface area contributed by atoms with E-state index in [4.69, 9.17) is 9.47 Å². The molecule has 0 aliphatic heterocycles. The van der Waals surface area contributed by atoms with Gasteiger partial charge in [0.25, 0.3) is 0 Å². The Morgan fingerprint density at radius 3 is 2.80 bits per heavy atom. The van der Waals surface area contributed by atoms with Gasteiger partial charge in [-0.05, 0) is 19.1 Å². The van der Waals surface area contributed by atoms with E-state index < -0.39 is 5.97 Å². The number of carbonyl (C=O) groups is 1. The summed E-state index contributed by atoms with van der Waals surface area (Å²) in [4.78, 5) is 19.4. The van der Waals surface area contributed by atoms with Crippen LogP contribution in [-0.4, -0.2) is 41.4 Å². The van der Waals surface area contributed by atoms with E-state index in [0.29, 0.717) is 30.5 Å². The maximum atomic E-state index is 11.8. The molecule has 0 atom stereocenters. The predicted octanol–water partition coefficient (Wildman–Crippen LogP) is 2.26. The highest BCUT2D eigenvalue weighted by atomic mass is 16.5. The van der Waals surface area contributed by atoms with Gasteiger partial charge in [-0.2, -0.15) is 4.57 Å². The van der Waals surface area contributed by atoms with Crippen LogP contribution in [-0.2, 0) is 4.74 Å². The minimum Gasteiger partial charge on any atom is -0.493 e. The molecule has 7 heteroatoms. The first-order valence-electron chi connectivity index (χ1n) is 7.97. The fourth-order valence-electron chi connectivity index (χ4n) is 2.67. The number of aromatic amines is 1. The van der Waals surface area contributed by atoms with Crippen LogP contribution >= 0.6 is 0 Å². The van der Waals surface area contributed by atoms with Gasteiger partial charge in [0.15, 0.2) is 11.2 Å². The van der Waals surface area contributed by atoms with Gasteiger partial charge in [-0.15, -0.1) is 0 Å². The molecule has 2 heterocycles. The molecule has 1 aromatic carbocycles. The van der Waals surface area contributed by atoms with Crippen LogP contribution in [0.15, 0.2) is 36.5 Å². The van der Waals surface area contributed by atoms with E-state index in [2.05, 4.69) is 9.97 Å². The van der Waals surface area contributed by atoms with Crippen LogP contribution in [0.25, 0.3) is 17.0 Å². The van der Waals surface area contributed by atoms with Gasteiger partial charge in [0, 0.05) is 31.8 Å². The number of hydrogen-bond donors (Lipinski definition) is 2. The number of aromatic nitrogens is 3. The number of hydrogen-bond acceptors (Lipinski definition) is 4. The number of carboxylic acid groups (broad SMARTS) is 1. The SMILES string of the molecule is COCCCOc1cc[n+](-c2nc3ccccc3[nH]2)c(C(=O)O)c1C. The van der Waals surface area contributed by atoms with Crippen molar-refractivity contribution in [3.05, 3.63) is 47.8 Å². The second kappa shape index (κ2) is 7.31. The highest BCUT2D eigenvalue weighted by molar-refractivity contribution is 5.86. The normalized spacial score (nSPS) is 11.0. The summed E-state index contributed by atoms with van der Waals surface area (Å²) in [5.74, 6) is -0.0474. The molecule has 2 N–H and O–H groups in total. The Balaban J connectivity index is 1.99. The summed E-state index contributed by atoms with van der Waals surface area (Å²) < 4.78 is 12.2. The summed E-state index contributed by atoms with van der Waals surface area (Å²) in [6.07, 6.45) is 2.39. The van der Waals surface area contributed by atoms with E-state index in [1.807, 2.05) is 24.3 Å². The van der Waals surface area contributed by atoms with Crippen LogP contribution in [0.1, 0.15) is 22.5 Å². The fraction of sp³-hybridized carbons (Fsp3) is 0.278. The zero-order valence-corrected chi connectivity index (χ0v) is 14.2. The van der Waals surface area contributed by atoms with Crippen molar-refractivity contribution >= 4 is 17.0 Å². The highest BCUT2D eigenvalue weighted by Crippen LogP contribution is 2.20. The summed E-state index contributed by atoms with van der Waals surface area (Å²) in [6.45, 7) is 2.79. The number of nitrogens with one attached hydrogen (secondary N) is 1. The first kappa shape index (κ1) is 16.9. The number of fused-ring (bicyclic) bond motifs is 1. The lowest BCUT2D eigenvalue weighted by Gasteiger charge is -2.12. The summed E-state index contributed by atoms with van der Waals surface area (Å²) >= 11 is 0. The number of nitrogens with zero attached hydrogens (tertiary/aromatic N) is 2. The Morgan fingerprint density at radius 1 is 1.28 bits per heavy atom. The maximum Gasteiger partial charge on any atom is 0.402 e. The first-order chi connectivity index (χ1) is 12.1. The summed E-state index contributed by atoms with van der Waals surface area (Å²) in [5, 5.41) is 9.68. The largest absolute Gasteiger partial charge is 0.493 e. The van der Waals surface area contributed by atoms with Gasteiger partial charge in [-0.1, -0.05) is 17.1 Å². The number of rotatable bonds is 7. The van der Waals surface area contributed by atoms with E-state index in [1.165, 1.54) is 4.57 Å². The van der Waals surface area contributed by atoms with Crippen molar-refractivity contribution in [2.45, 2.75) is 13.3 Å². The Labute approximate surface area is 144 Å². The Kier molecular flexibility index (Phi) is 4.95. The number of carboxylic acids is 1. The lowest BCUT2D eigenvalue weighted by atomic mass is 10.2. The second-order valence-corrected chi connectivity index (χ2v) is 5.60. The van der Waals surface area contributed by atoms with Crippen molar-refractivity contribution in [3.63, 3.8) is 0 Å². The van der Waals surface area contributed by atoms with Crippen LogP contribution in [0.5, 0.6) is 5.75 Å². The lowest BCUT2D eigenvalue weighted by Crippen LogP contribution is -2.40. The Morgan fingerprint density at radius 2 is 2.08 bits per heavy atom. The van der Waals surface area contributed by atoms with Crippen molar-refractivity contribution in [1.29, 1.82) is 0 Å². The van der Waals surface area contributed by atoms with Crippen molar-refractivity contribution in [1.82, 2.24) is 9.97 Å². The topological polar surface area (TPSA) is 88.3 Å². The molecule has 0 radical (unpaired) electrons. The number of imidazole rings is 1. The lowest BCUT2D eigenvalue weighted by molar-refractivity contribution is -0.606. The third kappa shape index (κ3) is 3.46. The predicted molar refractivity (Wildman–Crippen MR) is 91.3 cm³/mol. The average Bonchev–Trinajstić information content (AvgIpc) is 3.03. The van der Waals surface area contributed by atoms with E-state index in [0.717, 1.165) is 17.5 Å². The Bertz CT molecular complexity index is 871. The fourth-order valence-corrected chi connectivity index (χ4v) is 2.67. The van der Waals surface area contributed by atoms with Crippen LogP contribution in [0.3, 0.4) is 0 Å². The zero-order valence-electron chi connectivity index (χ0n) is 14.2. The van der Waals surface area contributed by atoms with Gasteiger partial charge in [0.05, 0.1) is 12.8 Å². The molecule has 0 fully saturated rings. The summed E-state index contributed by atoms with van der Waals surface area (Å²) in [5.41, 5.74) is 2.29. The second-order valence-electron chi connectivity index (χ2n) is 5.60. The van der Waals surface area contributed by atoms with Gasteiger partial charge < -0.3 is 14.6 Å². The molecule has 0 aliphatic rings. The molecular formula is C18H20N3O4+. The van der Waals surface area contributed by atoms with Gasteiger partial charge in [-0.3, -0.25) is 0 Å². The quantitative estimate of drug-likeness (QED) is 0.508. The molecule has 25 heavy (non-hydrogen) atoms. The number of ether oxygens (including phenoxy) is 2. The first-order valence-corrected chi connectivity index (χ1v) is 7.97. The smallest absolute Gasteiger partial charge is 0.402 e. The molecule has 0 unspecified atom stereocenters. The summed E-state index contributed by atoms with van der Waals surface area (Å²) in [6, 6.07) is 9.30. The van der Waals surface area contributed by atoms with Crippen molar-refractivity contribution < 1.29 is 23.9 Å². The van der Waals surface area contributed by atoms with Gasteiger partial charge in [0.2, 0.25) is 0 Å². The van der Waals surface area contributed by atoms with Gasteiger partial charge >= 0.3 is 11.9 Å². The van der Waals surface area contributed by atoms with Crippen molar-refractivity contribution in [2.75, 3.05) is 20.3 Å². The average molecular weight is 342 g/mol. The number of methoxy groups -OCH3 is 1. The number of pyridine rings is 1. The minimum atomic E-state index is -1.04. The van der Waals surface area contributed by atoms with Gasteiger partial charge in [-0.25, -0.2) is 9.78 Å². The molecule has 0 amide bonds. The van der Waals surface area contributed by atoms with Crippen molar-refractivity contribution in [3.8, 4) is 11.7 Å². The van der Waals surface area contributed by atoms with E-state index in [1.54, 1.807) is 26.3 Å².